The van der Waals surface area contributed by atoms with Gasteiger partial charge in [0.25, 0.3) is 0 Å². The fourth-order valence-electron chi connectivity index (χ4n) is 2.71. The Labute approximate surface area is 122 Å². The molecular formula is C16H27N3O. The monoisotopic (exact) mass is 277 g/mol. The van der Waals surface area contributed by atoms with E-state index in [-0.39, 0.29) is 0 Å². The molecule has 1 fully saturated rings. The van der Waals surface area contributed by atoms with Gasteiger partial charge < -0.3 is 15.0 Å². The van der Waals surface area contributed by atoms with Gasteiger partial charge >= 0.3 is 0 Å². The fourth-order valence-corrected chi connectivity index (χ4v) is 2.71. The molecule has 1 aromatic carbocycles. The van der Waals surface area contributed by atoms with Gasteiger partial charge in [-0.25, -0.2) is 0 Å². The number of nitrogens with one attached hydrogen (secondary N) is 1. The maximum Gasteiger partial charge on any atom is 0.142 e. The van der Waals surface area contributed by atoms with Gasteiger partial charge in [-0.05, 0) is 38.2 Å². The number of ether oxygens (including phenoxy) is 1. The van der Waals surface area contributed by atoms with E-state index in [2.05, 4.69) is 34.2 Å². The Bertz CT molecular complexity index is 389. The second-order valence-corrected chi connectivity index (χ2v) is 5.21. The number of methoxy groups -OCH3 is 1. The molecule has 4 nitrogen and oxygen atoms in total. The molecule has 1 saturated heterocycles. The van der Waals surface area contributed by atoms with Gasteiger partial charge in [0.05, 0.1) is 12.8 Å². The first-order chi connectivity index (χ1) is 9.85. The van der Waals surface area contributed by atoms with Crippen LogP contribution < -0.4 is 15.0 Å². The Hall–Kier alpha value is -1.26. The van der Waals surface area contributed by atoms with E-state index >= 15 is 0 Å². The van der Waals surface area contributed by atoms with Crippen LogP contribution in [0.5, 0.6) is 5.75 Å². The Morgan fingerprint density at radius 2 is 1.90 bits per heavy atom. The molecule has 112 valence electrons. The van der Waals surface area contributed by atoms with Crippen LogP contribution in [0.25, 0.3) is 0 Å². The highest BCUT2D eigenvalue weighted by Gasteiger charge is 2.18. The highest BCUT2D eigenvalue weighted by molar-refractivity contribution is 5.58. The van der Waals surface area contributed by atoms with Gasteiger partial charge in [0, 0.05) is 26.2 Å². The first kappa shape index (κ1) is 15.1. The van der Waals surface area contributed by atoms with Gasteiger partial charge in [-0.15, -0.1) is 0 Å². The SMILES string of the molecule is CCNCCCN1CCN(c2ccccc2OC)CC1. The molecule has 0 unspecified atom stereocenters. The molecule has 0 amide bonds. The number of rotatable bonds is 7. The summed E-state index contributed by atoms with van der Waals surface area (Å²) in [7, 11) is 1.75. The fraction of sp³-hybridized carbons (Fsp3) is 0.625. The van der Waals surface area contributed by atoms with Crippen molar-refractivity contribution >= 4 is 5.69 Å². The maximum absolute atomic E-state index is 5.45. The second kappa shape index (κ2) is 8.12. The van der Waals surface area contributed by atoms with Gasteiger partial charge in [-0.2, -0.15) is 0 Å². The van der Waals surface area contributed by atoms with E-state index in [1.807, 2.05) is 12.1 Å². The van der Waals surface area contributed by atoms with Crippen molar-refractivity contribution in [3.05, 3.63) is 24.3 Å². The molecule has 0 saturated carbocycles. The number of hydrogen-bond acceptors (Lipinski definition) is 4. The van der Waals surface area contributed by atoms with Crippen LogP contribution in [0.2, 0.25) is 0 Å². The lowest BCUT2D eigenvalue weighted by molar-refractivity contribution is 0.253. The Kier molecular flexibility index (Phi) is 6.15. The zero-order chi connectivity index (χ0) is 14.2. The molecule has 0 bridgehead atoms. The van der Waals surface area contributed by atoms with E-state index in [9.17, 15) is 0 Å². The second-order valence-electron chi connectivity index (χ2n) is 5.21. The van der Waals surface area contributed by atoms with E-state index < -0.39 is 0 Å². The Balaban J connectivity index is 1.79. The average molecular weight is 277 g/mol. The molecule has 1 aliphatic heterocycles. The lowest BCUT2D eigenvalue weighted by atomic mass is 10.2. The third-order valence-electron chi connectivity index (χ3n) is 3.88. The van der Waals surface area contributed by atoms with Crippen molar-refractivity contribution in [2.24, 2.45) is 0 Å². The van der Waals surface area contributed by atoms with Crippen molar-refractivity contribution in [1.29, 1.82) is 0 Å². The number of anilines is 1. The van der Waals surface area contributed by atoms with Crippen molar-refractivity contribution in [1.82, 2.24) is 10.2 Å². The first-order valence-electron chi connectivity index (χ1n) is 7.66. The van der Waals surface area contributed by atoms with E-state index in [0.29, 0.717) is 0 Å². The van der Waals surface area contributed by atoms with E-state index in [1.54, 1.807) is 7.11 Å². The Morgan fingerprint density at radius 3 is 2.60 bits per heavy atom. The minimum Gasteiger partial charge on any atom is -0.495 e. The summed E-state index contributed by atoms with van der Waals surface area (Å²) < 4.78 is 5.45. The van der Waals surface area contributed by atoms with Crippen molar-refractivity contribution in [3.8, 4) is 5.75 Å². The van der Waals surface area contributed by atoms with Gasteiger partial charge in [0.1, 0.15) is 5.75 Å². The van der Waals surface area contributed by atoms with Crippen molar-refractivity contribution in [2.45, 2.75) is 13.3 Å². The average Bonchev–Trinajstić information content (AvgIpc) is 2.52. The van der Waals surface area contributed by atoms with Crippen LogP contribution in [-0.4, -0.2) is 57.8 Å². The largest absolute Gasteiger partial charge is 0.495 e. The summed E-state index contributed by atoms with van der Waals surface area (Å²) in [5, 5.41) is 3.38. The van der Waals surface area contributed by atoms with Crippen LogP contribution in [0.4, 0.5) is 5.69 Å². The summed E-state index contributed by atoms with van der Waals surface area (Å²) in [6.07, 6.45) is 1.24. The molecule has 1 aromatic rings. The predicted molar refractivity (Wildman–Crippen MR) is 84.8 cm³/mol. The lowest BCUT2D eigenvalue weighted by Gasteiger charge is -2.36. The minimum absolute atomic E-state index is 0.980. The van der Waals surface area contributed by atoms with E-state index in [0.717, 1.165) is 45.0 Å². The summed E-state index contributed by atoms with van der Waals surface area (Å²) in [6.45, 7) is 10.0. The molecule has 0 radical (unpaired) electrons. The third kappa shape index (κ3) is 4.12. The van der Waals surface area contributed by atoms with Gasteiger partial charge in [-0.1, -0.05) is 19.1 Å². The number of piperazine rings is 1. The normalized spacial score (nSPS) is 16.4. The summed E-state index contributed by atoms with van der Waals surface area (Å²) in [5.74, 6) is 0.980. The predicted octanol–water partition coefficient (Wildman–Crippen LogP) is 1.82. The van der Waals surface area contributed by atoms with Crippen molar-refractivity contribution < 1.29 is 4.74 Å². The summed E-state index contributed by atoms with van der Waals surface area (Å²) in [5.41, 5.74) is 1.22. The molecule has 1 N–H and O–H groups in total. The maximum atomic E-state index is 5.45. The van der Waals surface area contributed by atoms with Crippen LogP contribution in [0.3, 0.4) is 0 Å². The summed E-state index contributed by atoms with van der Waals surface area (Å²) in [4.78, 5) is 4.99. The standard InChI is InChI=1S/C16H27N3O/c1-3-17-9-6-10-18-11-13-19(14-12-18)15-7-4-5-8-16(15)20-2/h4-5,7-8,17H,3,6,9-14H2,1-2H3. The molecule has 4 heteroatoms. The van der Waals surface area contributed by atoms with E-state index in [4.69, 9.17) is 4.74 Å². The number of hydrogen-bond donors (Lipinski definition) is 1. The van der Waals surface area contributed by atoms with Crippen molar-refractivity contribution in [2.75, 3.05) is 57.8 Å². The molecule has 0 spiro atoms. The summed E-state index contributed by atoms with van der Waals surface area (Å²) in [6, 6.07) is 8.30. The smallest absolute Gasteiger partial charge is 0.142 e. The molecule has 0 aliphatic carbocycles. The third-order valence-corrected chi connectivity index (χ3v) is 3.88. The lowest BCUT2D eigenvalue weighted by Crippen LogP contribution is -2.47. The topological polar surface area (TPSA) is 27.7 Å². The molecule has 1 aliphatic rings. The molecule has 2 rings (SSSR count). The minimum atomic E-state index is 0.980. The molecule has 1 heterocycles. The first-order valence-corrected chi connectivity index (χ1v) is 7.66. The summed E-state index contributed by atoms with van der Waals surface area (Å²) >= 11 is 0. The highest BCUT2D eigenvalue weighted by Crippen LogP contribution is 2.28. The van der Waals surface area contributed by atoms with Crippen LogP contribution in [-0.2, 0) is 0 Å². The quantitative estimate of drug-likeness (QED) is 0.769. The molecule has 0 aromatic heterocycles. The van der Waals surface area contributed by atoms with Crippen LogP contribution in [0.15, 0.2) is 24.3 Å². The number of para-hydroxylation sites is 2. The van der Waals surface area contributed by atoms with E-state index in [1.165, 1.54) is 18.7 Å². The van der Waals surface area contributed by atoms with Gasteiger partial charge in [0.15, 0.2) is 0 Å². The van der Waals surface area contributed by atoms with Gasteiger partial charge in [0.2, 0.25) is 0 Å². The number of benzene rings is 1. The van der Waals surface area contributed by atoms with Crippen molar-refractivity contribution in [3.63, 3.8) is 0 Å². The molecule has 20 heavy (non-hydrogen) atoms. The molecule has 0 atom stereocenters. The van der Waals surface area contributed by atoms with Gasteiger partial charge in [-0.3, -0.25) is 4.90 Å². The van der Waals surface area contributed by atoms with Crippen LogP contribution >= 0.6 is 0 Å². The van der Waals surface area contributed by atoms with Crippen LogP contribution in [0, 0.1) is 0 Å². The zero-order valence-electron chi connectivity index (χ0n) is 12.8. The number of nitrogens with zero attached hydrogens (tertiary/aromatic N) is 2. The highest BCUT2D eigenvalue weighted by atomic mass is 16.5. The Morgan fingerprint density at radius 1 is 1.15 bits per heavy atom. The molecular weight excluding hydrogens is 250 g/mol. The van der Waals surface area contributed by atoms with Crippen LogP contribution in [0.1, 0.15) is 13.3 Å². The zero-order valence-corrected chi connectivity index (χ0v) is 12.8.